The van der Waals surface area contributed by atoms with Gasteiger partial charge in [0.15, 0.2) is 0 Å². The summed E-state index contributed by atoms with van der Waals surface area (Å²) >= 11 is 5.61. The molecule has 8 nitrogen and oxygen atoms in total. The van der Waals surface area contributed by atoms with E-state index in [-0.39, 0.29) is 11.7 Å². The monoisotopic (exact) mass is 422 g/mol. The van der Waals surface area contributed by atoms with Crippen molar-refractivity contribution in [2.24, 2.45) is 0 Å². The Labute approximate surface area is 169 Å². The minimum atomic E-state index is -1.32. The van der Waals surface area contributed by atoms with Crippen LogP contribution in [0.1, 0.15) is 39.0 Å². The summed E-state index contributed by atoms with van der Waals surface area (Å²) in [5.74, 6) is -0.771. The van der Waals surface area contributed by atoms with Crippen molar-refractivity contribution in [2.75, 3.05) is 12.4 Å². The minimum absolute atomic E-state index is 0.0946. The highest BCUT2D eigenvalue weighted by molar-refractivity contribution is 8.00. The predicted molar refractivity (Wildman–Crippen MR) is 106 cm³/mol. The number of nitrogens with one attached hydrogen (secondary N) is 2. The molecule has 0 unspecified atom stereocenters. The zero-order chi connectivity index (χ0) is 20.0. The van der Waals surface area contributed by atoms with Gasteiger partial charge in [0.1, 0.15) is 29.8 Å². The van der Waals surface area contributed by atoms with Crippen LogP contribution in [0, 0.1) is 0 Å². The van der Waals surface area contributed by atoms with Crippen LogP contribution in [0.2, 0.25) is 0 Å². The van der Waals surface area contributed by atoms with E-state index >= 15 is 0 Å². The standard InChI is InChI=1S/C17H30N2O6S2/c1-9(21)18-11(8-26)16(24)19-13-15(23)14(22)12(7-20)25-17(13)27-10-5-3-2-4-6-10/h10-15,17,20,22-23,26H,2-8H2,1H3,(H,18,21)(H,19,24)/t11-,12+,13+,14+,15+,17+/m0/s1. The van der Waals surface area contributed by atoms with Crippen molar-refractivity contribution in [2.45, 2.75) is 80.1 Å². The van der Waals surface area contributed by atoms with Gasteiger partial charge in [0, 0.05) is 17.9 Å². The van der Waals surface area contributed by atoms with E-state index in [1.54, 1.807) is 0 Å². The Hall–Kier alpha value is -0.520. The van der Waals surface area contributed by atoms with Crippen LogP contribution in [0.3, 0.4) is 0 Å². The van der Waals surface area contributed by atoms with Crippen LogP contribution in [-0.2, 0) is 14.3 Å². The van der Waals surface area contributed by atoms with E-state index < -0.39 is 48.3 Å². The minimum Gasteiger partial charge on any atom is -0.394 e. The SMILES string of the molecule is CC(=O)N[C@@H](CS)C(=O)N[C@@H]1[C@@H](O)[C@H](O)[C@@H](CO)O[C@@H]1SC1CCCCC1. The lowest BCUT2D eigenvalue weighted by atomic mass is 9.98. The number of amides is 2. The molecule has 27 heavy (non-hydrogen) atoms. The summed E-state index contributed by atoms with van der Waals surface area (Å²) in [6, 6.07) is -1.72. The van der Waals surface area contributed by atoms with Crippen molar-refractivity contribution in [3.05, 3.63) is 0 Å². The van der Waals surface area contributed by atoms with Gasteiger partial charge in [-0.05, 0) is 12.8 Å². The van der Waals surface area contributed by atoms with Crippen molar-refractivity contribution in [3.63, 3.8) is 0 Å². The average Bonchev–Trinajstić information content (AvgIpc) is 2.66. The molecule has 1 heterocycles. The third-order valence-corrected chi connectivity index (χ3v) is 6.84. The van der Waals surface area contributed by atoms with E-state index in [0.717, 1.165) is 25.7 Å². The van der Waals surface area contributed by atoms with Crippen molar-refractivity contribution >= 4 is 36.2 Å². The lowest BCUT2D eigenvalue weighted by Crippen LogP contribution is -2.65. The van der Waals surface area contributed by atoms with Crippen molar-refractivity contribution in [1.29, 1.82) is 0 Å². The van der Waals surface area contributed by atoms with E-state index in [4.69, 9.17) is 4.74 Å². The fourth-order valence-electron chi connectivity index (χ4n) is 3.45. The predicted octanol–water partition coefficient (Wildman–Crippen LogP) is -0.589. The molecule has 2 aliphatic rings. The molecule has 0 aromatic carbocycles. The molecule has 0 aromatic rings. The van der Waals surface area contributed by atoms with Gasteiger partial charge < -0.3 is 30.7 Å². The first-order valence-corrected chi connectivity index (χ1v) is 10.9. The number of carbonyl (C=O) groups excluding carboxylic acids is 2. The van der Waals surface area contributed by atoms with Crippen LogP contribution in [0.15, 0.2) is 0 Å². The molecule has 0 aromatic heterocycles. The molecule has 1 saturated carbocycles. The van der Waals surface area contributed by atoms with Gasteiger partial charge in [0.05, 0.1) is 12.6 Å². The van der Waals surface area contributed by atoms with E-state index in [0.29, 0.717) is 5.25 Å². The normalized spacial score (nSPS) is 33.3. The summed E-state index contributed by atoms with van der Waals surface area (Å²) in [6.07, 6.45) is 1.98. The molecule has 2 fully saturated rings. The van der Waals surface area contributed by atoms with Crippen LogP contribution >= 0.6 is 24.4 Å². The number of thioether (sulfide) groups is 1. The number of aliphatic hydroxyl groups excluding tert-OH is 3. The fourth-order valence-corrected chi connectivity index (χ4v) is 5.29. The summed E-state index contributed by atoms with van der Waals surface area (Å²) in [5, 5.41) is 35.7. The molecule has 156 valence electrons. The molecule has 6 atom stereocenters. The van der Waals surface area contributed by atoms with Crippen molar-refractivity contribution < 1.29 is 29.6 Å². The second kappa shape index (κ2) is 10.9. The summed E-state index contributed by atoms with van der Waals surface area (Å²) in [4.78, 5) is 23.8. The van der Waals surface area contributed by atoms with Gasteiger partial charge in [0.2, 0.25) is 11.8 Å². The van der Waals surface area contributed by atoms with Gasteiger partial charge in [-0.1, -0.05) is 19.3 Å². The Morgan fingerprint density at radius 1 is 1.22 bits per heavy atom. The molecule has 5 N–H and O–H groups in total. The van der Waals surface area contributed by atoms with Crippen molar-refractivity contribution in [1.82, 2.24) is 10.6 Å². The fraction of sp³-hybridized carbons (Fsp3) is 0.882. The second-order valence-electron chi connectivity index (χ2n) is 7.07. The number of hydrogen-bond donors (Lipinski definition) is 6. The first-order valence-electron chi connectivity index (χ1n) is 9.33. The topological polar surface area (TPSA) is 128 Å². The highest BCUT2D eigenvalue weighted by Gasteiger charge is 2.46. The number of thiol groups is 1. The van der Waals surface area contributed by atoms with Gasteiger partial charge in [-0.2, -0.15) is 12.6 Å². The number of aliphatic hydroxyl groups is 3. The molecule has 1 aliphatic carbocycles. The van der Waals surface area contributed by atoms with Crippen LogP contribution in [0.5, 0.6) is 0 Å². The molecule has 0 radical (unpaired) electrons. The lowest BCUT2D eigenvalue weighted by molar-refractivity contribution is -0.174. The molecular weight excluding hydrogens is 392 g/mol. The van der Waals surface area contributed by atoms with Gasteiger partial charge in [0.25, 0.3) is 0 Å². The third-order valence-electron chi connectivity index (χ3n) is 4.95. The molecule has 1 saturated heterocycles. The Bertz CT molecular complexity index is 506. The van der Waals surface area contributed by atoms with E-state index in [9.17, 15) is 24.9 Å². The maximum Gasteiger partial charge on any atom is 0.243 e. The van der Waals surface area contributed by atoms with Gasteiger partial charge >= 0.3 is 0 Å². The molecule has 0 bridgehead atoms. The smallest absolute Gasteiger partial charge is 0.243 e. The maximum absolute atomic E-state index is 12.5. The van der Waals surface area contributed by atoms with Crippen LogP contribution in [0.25, 0.3) is 0 Å². The Morgan fingerprint density at radius 2 is 1.89 bits per heavy atom. The molecular formula is C17H30N2O6S2. The number of hydrogen-bond acceptors (Lipinski definition) is 8. The largest absolute Gasteiger partial charge is 0.394 e. The van der Waals surface area contributed by atoms with Gasteiger partial charge in [-0.15, -0.1) is 11.8 Å². The third kappa shape index (κ3) is 6.23. The maximum atomic E-state index is 12.5. The van der Waals surface area contributed by atoms with Crippen LogP contribution in [0.4, 0.5) is 0 Å². The zero-order valence-corrected chi connectivity index (χ0v) is 17.1. The van der Waals surface area contributed by atoms with Gasteiger partial charge in [-0.3, -0.25) is 9.59 Å². The molecule has 2 amide bonds. The van der Waals surface area contributed by atoms with E-state index in [2.05, 4.69) is 23.3 Å². The Morgan fingerprint density at radius 3 is 2.44 bits per heavy atom. The first kappa shape index (κ1) is 22.8. The summed E-state index contributed by atoms with van der Waals surface area (Å²) in [5.41, 5.74) is -0.606. The average molecular weight is 423 g/mol. The number of rotatable bonds is 7. The first-order chi connectivity index (χ1) is 12.9. The number of carbonyl (C=O) groups is 2. The highest BCUT2D eigenvalue weighted by Crippen LogP contribution is 2.36. The Balaban J connectivity index is 2.11. The molecule has 10 heteroatoms. The van der Waals surface area contributed by atoms with Crippen molar-refractivity contribution in [3.8, 4) is 0 Å². The second-order valence-corrected chi connectivity index (χ2v) is 8.84. The van der Waals surface area contributed by atoms with Crippen LogP contribution < -0.4 is 10.6 Å². The lowest BCUT2D eigenvalue weighted by Gasteiger charge is -2.44. The summed E-state index contributed by atoms with van der Waals surface area (Å²) in [6.45, 7) is 0.880. The quantitative estimate of drug-likeness (QED) is 0.303. The Kier molecular flexibility index (Phi) is 9.17. The molecule has 2 rings (SSSR count). The summed E-state index contributed by atoms with van der Waals surface area (Å²) < 4.78 is 5.81. The van der Waals surface area contributed by atoms with E-state index in [1.165, 1.54) is 25.1 Å². The number of ether oxygens (including phenoxy) is 1. The van der Waals surface area contributed by atoms with Crippen LogP contribution in [-0.4, -0.2) is 80.6 Å². The summed E-state index contributed by atoms with van der Waals surface area (Å²) in [7, 11) is 0. The molecule has 0 spiro atoms. The highest BCUT2D eigenvalue weighted by atomic mass is 32.2. The zero-order valence-electron chi connectivity index (χ0n) is 15.4. The van der Waals surface area contributed by atoms with Gasteiger partial charge in [-0.25, -0.2) is 0 Å². The van der Waals surface area contributed by atoms with E-state index in [1.807, 2.05) is 0 Å². The molecule has 1 aliphatic heterocycles.